The number of amides is 3. The number of fused-ring (bicyclic) bond motifs is 3. The zero-order valence-corrected chi connectivity index (χ0v) is 28.0. The fourth-order valence-corrected chi connectivity index (χ4v) is 8.11. The van der Waals surface area contributed by atoms with Gasteiger partial charge in [0.15, 0.2) is 0 Å². The van der Waals surface area contributed by atoms with E-state index in [9.17, 15) is 24.3 Å². The number of pyridine rings is 2. The van der Waals surface area contributed by atoms with Gasteiger partial charge in [0.25, 0.3) is 0 Å². The average molecular weight is 688 g/mol. The molecule has 1 saturated heterocycles. The molecule has 258 valence electrons. The van der Waals surface area contributed by atoms with Crippen molar-refractivity contribution in [2.24, 2.45) is 5.92 Å². The number of carboxylic acids is 1. The molecule has 3 N–H and O–H groups in total. The minimum atomic E-state index is -1.42. The number of aliphatic carboxylic acids is 1. The number of carbonyl (C=O) groups is 4. The predicted octanol–water partition coefficient (Wildman–Crippen LogP) is 5.22. The molecule has 3 aromatic heterocycles. The molecule has 5 atom stereocenters. The summed E-state index contributed by atoms with van der Waals surface area (Å²) in [6.45, 7) is 0.0737. The van der Waals surface area contributed by atoms with Crippen molar-refractivity contribution in [1.29, 1.82) is 0 Å². The summed E-state index contributed by atoms with van der Waals surface area (Å²) in [6.07, 6.45) is 11.7. The number of nitrogens with one attached hydrogen (secondary N) is 2. The molecule has 4 aliphatic rings. The second kappa shape index (κ2) is 14.1. The normalized spacial score (nSPS) is 28.4. The van der Waals surface area contributed by atoms with Crippen molar-refractivity contribution in [3.8, 4) is 17.1 Å². The van der Waals surface area contributed by atoms with Crippen LogP contribution >= 0.6 is 11.3 Å². The fourth-order valence-electron chi connectivity index (χ4n) is 7.32. The first-order chi connectivity index (χ1) is 23.8. The maximum Gasteiger partial charge on any atom is 0.408 e. The standard InChI is InChI=1S/C36H41N5O7S/c42-32-29-18-24(47-30-19-28(25-13-8-9-16-37-25)38-26-15-17-49-31(26)30)21-41(29)33(43)27(39-35(46)48-23-11-6-7-12-23)14-5-3-1-2-4-10-22-20-36(22,40-32)34(44)45/h4,8-10,13,15-17,19,22-24,27,29H,1-3,5-7,11-12,14,18,20-21H2,(H,39,46)(H,40,42)(H,44,45)/b10-4+/t22-,24-,27+,29+,36-/m1/s1. The van der Waals surface area contributed by atoms with E-state index in [-0.39, 0.29) is 31.4 Å². The number of rotatable bonds is 6. The number of allylic oxidation sites excluding steroid dienone is 1. The van der Waals surface area contributed by atoms with Crippen molar-refractivity contribution in [1.82, 2.24) is 25.5 Å². The van der Waals surface area contributed by atoms with Gasteiger partial charge in [-0.3, -0.25) is 14.6 Å². The third kappa shape index (κ3) is 7.12. The van der Waals surface area contributed by atoms with Crippen molar-refractivity contribution in [3.63, 3.8) is 0 Å². The lowest BCUT2D eigenvalue weighted by atomic mass is 10.0. The molecule has 0 bridgehead atoms. The Hall–Kier alpha value is -4.52. The summed E-state index contributed by atoms with van der Waals surface area (Å²) in [6, 6.07) is 7.39. The Kier molecular flexibility index (Phi) is 9.53. The number of hydrogen-bond acceptors (Lipinski definition) is 9. The molecular formula is C36H41N5O7S. The van der Waals surface area contributed by atoms with E-state index in [1.165, 1.54) is 16.2 Å². The molecule has 2 saturated carbocycles. The first kappa shape index (κ1) is 33.0. The maximum absolute atomic E-state index is 14.4. The van der Waals surface area contributed by atoms with Crippen LogP contribution in [0, 0.1) is 5.92 Å². The lowest BCUT2D eigenvalue weighted by molar-refractivity contribution is -0.145. The number of thiophene rings is 1. The molecule has 3 aromatic rings. The van der Waals surface area contributed by atoms with E-state index >= 15 is 0 Å². The number of ether oxygens (including phenoxy) is 2. The van der Waals surface area contributed by atoms with Gasteiger partial charge in [-0.05, 0) is 74.9 Å². The summed E-state index contributed by atoms with van der Waals surface area (Å²) in [7, 11) is 0. The van der Waals surface area contributed by atoms with Crippen LogP contribution in [-0.4, -0.2) is 80.2 Å². The topological polar surface area (TPSA) is 160 Å². The third-order valence-corrected chi connectivity index (χ3v) is 11.0. The minimum absolute atomic E-state index is 0.0737. The van der Waals surface area contributed by atoms with Crippen molar-refractivity contribution in [2.45, 2.75) is 100 Å². The molecule has 0 spiro atoms. The van der Waals surface area contributed by atoms with Gasteiger partial charge in [-0.25, -0.2) is 14.6 Å². The zero-order valence-electron chi connectivity index (χ0n) is 27.2. The molecule has 3 fully saturated rings. The quantitative estimate of drug-likeness (QED) is 0.295. The highest BCUT2D eigenvalue weighted by molar-refractivity contribution is 7.17. The average Bonchev–Trinajstić information content (AvgIpc) is 3.54. The Morgan fingerprint density at radius 1 is 1.04 bits per heavy atom. The number of nitrogens with zero attached hydrogens (tertiary/aromatic N) is 3. The molecular weight excluding hydrogens is 646 g/mol. The Morgan fingerprint density at radius 3 is 2.67 bits per heavy atom. The summed E-state index contributed by atoms with van der Waals surface area (Å²) < 4.78 is 13.1. The van der Waals surface area contributed by atoms with Crippen molar-refractivity contribution in [2.75, 3.05) is 6.54 Å². The summed E-state index contributed by atoms with van der Waals surface area (Å²) in [5.41, 5.74) is 0.630. The van der Waals surface area contributed by atoms with Crippen LogP contribution in [0.2, 0.25) is 0 Å². The van der Waals surface area contributed by atoms with Gasteiger partial charge >= 0.3 is 12.1 Å². The summed E-state index contributed by atoms with van der Waals surface area (Å²) in [5, 5.41) is 17.7. The van der Waals surface area contributed by atoms with Crippen LogP contribution in [-0.2, 0) is 19.1 Å². The van der Waals surface area contributed by atoms with Gasteiger partial charge in [-0.2, -0.15) is 0 Å². The van der Waals surface area contributed by atoms with E-state index in [0.29, 0.717) is 30.0 Å². The lowest BCUT2D eigenvalue weighted by Crippen LogP contribution is -2.56. The molecule has 49 heavy (non-hydrogen) atoms. The van der Waals surface area contributed by atoms with Crippen molar-refractivity contribution in [3.05, 3.63) is 54.1 Å². The van der Waals surface area contributed by atoms with Crippen LogP contribution in [0.5, 0.6) is 5.75 Å². The van der Waals surface area contributed by atoms with Crippen LogP contribution in [0.25, 0.3) is 21.6 Å². The molecule has 2 aliphatic heterocycles. The molecule has 3 amide bonds. The molecule has 13 heteroatoms. The van der Waals surface area contributed by atoms with E-state index < -0.39 is 47.6 Å². The zero-order chi connectivity index (χ0) is 34.0. The molecule has 7 rings (SSSR count). The largest absolute Gasteiger partial charge is 0.487 e. The van der Waals surface area contributed by atoms with Gasteiger partial charge in [0.05, 0.1) is 28.1 Å². The number of alkyl carbamates (subject to hydrolysis) is 1. The number of aromatic nitrogens is 2. The van der Waals surface area contributed by atoms with Gasteiger partial charge < -0.3 is 30.1 Å². The second-order valence-corrected chi connectivity index (χ2v) is 14.4. The monoisotopic (exact) mass is 687 g/mol. The van der Waals surface area contributed by atoms with E-state index in [1.54, 1.807) is 6.20 Å². The Bertz CT molecular complexity index is 1740. The molecule has 5 heterocycles. The smallest absolute Gasteiger partial charge is 0.408 e. The van der Waals surface area contributed by atoms with Gasteiger partial charge in [0, 0.05) is 24.6 Å². The van der Waals surface area contributed by atoms with E-state index in [4.69, 9.17) is 14.5 Å². The first-order valence-corrected chi connectivity index (χ1v) is 18.1. The van der Waals surface area contributed by atoms with E-state index in [2.05, 4.69) is 15.6 Å². The summed E-state index contributed by atoms with van der Waals surface area (Å²) >= 11 is 1.48. The third-order valence-electron chi connectivity index (χ3n) is 10.1. The highest BCUT2D eigenvalue weighted by atomic mass is 32.1. The molecule has 0 unspecified atom stereocenters. The second-order valence-electron chi connectivity index (χ2n) is 13.5. The molecule has 12 nitrogen and oxygen atoms in total. The van der Waals surface area contributed by atoms with Crippen LogP contribution < -0.4 is 15.4 Å². The summed E-state index contributed by atoms with van der Waals surface area (Å²) in [4.78, 5) is 64.5. The van der Waals surface area contributed by atoms with Crippen molar-refractivity contribution >= 4 is 45.4 Å². The van der Waals surface area contributed by atoms with E-state index in [1.807, 2.05) is 47.9 Å². The minimum Gasteiger partial charge on any atom is -0.487 e. The van der Waals surface area contributed by atoms with Gasteiger partial charge in [-0.1, -0.05) is 31.1 Å². The number of hydrogen-bond donors (Lipinski definition) is 3. The lowest BCUT2D eigenvalue weighted by Gasteiger charge is -2.29. The molecule has 2 aliphatic carbocycles. The first-order valence-electron chi connectivity index (χ1n) is 17.3. The van der Waals surface area contributed by atoms with Crippen LogP contribution in [0.4, 0.5) is 4.79 Å². The number of carbonyl (C=O) groups excluding carboxylic acids is 3. The number of carboxylic acid groups (broad SMARTS) is 1. The Labute approximate surface area is 288 Å². The fraction of sp³-hybridized carbons (Fsp3) is 0.500. The molecule has 0 aromatic carbocycles. The van der Waals surface area contributed by atoms with Crippen LogP contribution in [0.15, 0.2) is 54.1 Å². The Balaban J connectivity index is 1.18. The SMILES string of the molecule is O=C(N[C@H]1CCCCC/C=C/[C@@H]2C[C@@]2(C(=O)O)NC(=O)[C@@H]2C[C@@H](Oc3cc(-c4ccccn4)nc4ccsc34)CN2C1=O)OC1CCCC1. The van der Waals surface area contributed by atoms with Gasteiger partial charge in [0.2, 0.25) is 11.8 Å². The highest BCUT2D eigenvalue weighted by Crippen LogP contribution is 2.45. The highest BCUT2D eigenvalue weighted by Gasteiger charge is 2.61. The van der Waals surface area contributed by atoms with Crippen LogP contribution in [0.1, 0.15) is 70.6 Å². The van der Waals surface area contributed by atoms with E-state index in [0.717, 1.165) is 55.2 Å². The van der Waals surface area contributed by atoms with Crippen molar-refractivity contribution < 1.29 is 33.8 Å². The predicted molar refractivity (Wildman–Crippen MR) is 182 cm³/mol. The summed E-state index contributed by atoms with van der Waals surface area (Å²) in [5.74, 6) is -1.83. The van der Waals surface area contributed by atoms with Gasteiger partial charge in [0.1, 0.15) is 35.6 Å². The molecule has 0 radical (unpaired) electrons. The van der Waals surface area contributed by atoms with Crippen LogP contribution in [0.3, 0.4) is 0 Å². The Morgan fingerprint density at radius 2 is 1.88 bits per heavy atom. The maximum atomic E-state index is 14.4. The van der Waals surface area contributed by atoms with Gasteiger partial charge in [-0.15, -0.1) is 11.3 Å².